The summed E-state index contributed by atoms with van der Waals surface area (Å²) in [6.45, 7) is 4.67. The fourth-order valence-corrected chi connectivity index (χ4v) is 1.43. The van der Waals surface area contributed by atoms with Crippen LogP contribution in [0.1, 0.15) is 19.8 Å². The third-order valence-electron chi connectivity index (χ3n) is 2.10. The van der Waals surface area contributed by atoms with Crippen LogP contribution in [-0.2, 0) is 4.74 Å². The van der Waals surface area contributed by atoms with Crippen LogP contribution in [0.2, 0.25) is 0 Å². The molecule has 1 saturated heterocycles. The normalized spacial score (nSPS) is 32.2. The highest BCUT2D eigenvalue weighted by Gasteiger charge is 2.26. The Hall–Kier alpha value is -0.120. The number of hydrogen-bond acceptors (Lipinski definition) is 3. The van der Waals surface area contributed by atoms with E-state index in [2.05, 4.69) is 12.2 Å². The molecule has 0 aromatic rings. The van der Waals surface area contributed by atoms with E-state index in [1.54, 1.807) is 0 Å². The summed E-state index contributed by atoms with van der Waals surface area (Å²) >= 11 is 0. The van der Waals surface area contributed by atoms with Crippen molar-refractivity contribution in [2.75, 3.05) is 26.4 Å². The Morgan fingerprint density at radius 3 is 3.00 bits per heavy atom. The maximum atomic E-state index is 8.61. The zero-order chi connectivity index (χ0) is 8.16. The number of aliphatic hydroxyl groups is 1. The summed E-state index contributed by atoms with van der Waals surface area (Å²) in [5, 5.41) is 11.9. The molecule has 1 unspecified atom stereocenters. The lowest BCUT2D eigenvalue weighted by atomic mass is 9.95. The first kappa shape index (κ1) is 8.97. The third-order valence-corrected chi connectivity index (χ3v) is 2.10. The van der Waals surface area contributed by atoms with Crippen LogP contribution in [0.4, 0.5) is 0 Å². The first-order valence-corrected chi connectivity index (χ1v) is 4.20. The van der Waals surface area contributed by atoms with Crippen LogP contribution in [0, 0.1) is 0 Å². The summed E-state index contributed by atoms with van der Waals surface area (Å²) in [5.74, 6) is 0. The molecular weight excluding hydrogens is 142 g/mol. The molecule has 1 heterocycles. The molecule has 3 heteroatoms. The highest BCUT2D eigenvalue weighted by atomic mass is 16.5. The van der Waals surface area contributed by atoms with Crippen molar-refractivity contribution in [3.8, 4) is 0 Å². The van der Waals surface area contributed by atoms with E-state index in [0.717, 1.165) is 26.1 Å². The van der Waals surface area contributed by atoms with E-state index in [4.69, 9.17) is 9.84 Å². The predicted molar refractivity (Wildman–Crippen MR) is 43.5 cm³/mol. The highest BCUT2D eigenvalue weighted by molar-refractivity contribution is 4.84. The molecule has 0 aromatic carbocycles. The fourth-order valence-electron chi connectivity index (χ4n) is 1.43. The van der Waals surface area contributed by atoms with E-state index in [1.165, 1.54) is 0 Å². The van der Waals surface area contributed by atoms with E-state index in [9.17, 15) is 0 Å². The minimum Gasteiger partial charge on any atom is -0.395 e. The van der Waals surface area contributed by atoms with Gasteiger partial charge in [0.1, 0.15) is 0 Å². The Morgan fingerprint density at radius 2 is 2.45 bits per heavy atom. The molecule has 1 atom stereocenters. The molecule has 1 aliphatic rings. The quantitative estimate of drug-likeness (QED) is 0.615. The lowest BCUT2D eigenvalue weighted by Crippen LogP contribution is -2.49. The highest BCUT2D eigenvalue weighted by Crippen LogP contribution is 2.17. The molecule has 1 rings (SSSR count). The monoisotopic (exact) mass is 159 g/mol. The van der Waals surface area contributed by atoms with E-state index in [1.807, 2.05) is 0 Å². The summed E-state index contributed by atoms with van der Waals surface area (Å²) in [5.41, 5.74) is 0.0982. The number of nitrogens with one attached hydrogen (secondary N) is 1. The van der Waals surface area contributed by atoms with Gasteiger partial charge in [-0.05, 0) is 19.8 Å². The van der Waals surface area contributed by atoms with Gasteiger partial charge < -0.3 is 15.2 Å². The van der Waals surface area contributed by atoms with Crippen LogP contribution >= 0.6 is 0 Å². The largest absolute Gasteiger partial charge is 0.395 e. The van der Waals surface area contributed by atoms with Crippen molar-refractivity contribution < 1.29 is 9.84 Å². The predicted octanol–water partition coefficient (Wildman–Crippen LogP) is 0.137. The van der Waals surface area contributed by atoms with Crippen molar-refractivity contribution in [2.45, 2.75) is 25.3 Å². The van der Waals surface area contributed by atoms with Crippen LogP contribution in [0.3, 0.4) is 0 Å². The Morgan fingerprint density at radius 1 is 1.64 bits per heavy atom. The average molecular weight is 159 g/mol. The van der Waals surface area contributed by atoms with Gasteiger partial charge >= 0.3 is 0 Å². The van der Waals surface area contributed by atoms with E-state index >= 15 is 0 Å². The van der Waals surface area contributed by atoms with Crippen LogP contribution in [0.5, 0.6) is 0 Å². The lowest BCUT2D eigenvalue weighted by Gasteiger charge is -2.34. The zero-order valence-electron chi connectivity index (χ0n) is 7.10. The molecule has 1 aliphatic heterocycles. The second-order valence-corrected chi connectivity index (χ2v) is 3.37. The lowest BCUT2D eigenvalue weighted by molar-refractivity contribution is 0.0269. The van der Waals surface area contributed by atoms with Gasteiger partial charge in [-0.25, -0.2) is 0 Å². The van der Waals surface area contributed by atoms with Gasteiger partial charge in [0, 0.05) is 18.7 Å². The standard InChI is InChI=1S/C8H17NO2/c1-8(9-4-5-10)3-2-6-11-7-8/h9-10H,2-7H2,1H3. The van der Waals surface area contributed by atoms with Crippen molar-refractivity contribution in [1.82, 2.24) is 5.32 Å². The van der Waals surface area contributed by atoms with E-state index < -0.39 is 0 Å². The van der Waals surface area contributed by atoms with Crippen molar-refractivity contribution in [3.63, 3.8) is 0 Å². The van der Waals surface area contributed by atoms with Crippen LogP contribution < -0.4 is 5.32 Å². The van der Waals surface area contributed by atoms with Gasteiger partial charge in [0.15, 0.2) is 0 Å². The summed E-state index contributed by atoms with van der Waals surface area (Å²) in [6.07, 6.45) is 2.27. The molecular formula is C8H17NO2. The summed E-state index contributed by atoms with van der Waals surface area (Å²) < 4.78 is 5.34. The fraction of sp³-hybridized carbons (Fsp3) is 1.00. The first-order valence-electron chi connectivity index (χ1n) is 4.20. The molecule has 0 saturated carbocycles. The van der Waals surface area contributed by atoms with Crippen LogP contribution in [0.15, 0.2) is 0 Å². The minimum absolute atomic E-state index is 0.0982. The third kappa shape index (κ3) is 2.77. The minimum atomic E-state index is 0.0982. The Bertz CT molecular complexity index is 111. The van der Waals surface area contributed by atoms with Crippen molar-refractivity contribution in [2.24, 2.45) is 0 Å². The second kappa shape index (κ2) is 4.04. The van der Waals surface area contributed by atoms with E-state index in [0.29, 0.717) is 6.54 Å². The maximum absolute atomic E-state index is 8.61. The van der Waals surface area contributed by atoms with Gasteiger partial charge in [0.2, 0.25) is 0 Å². The molecule has 0 amide bonds. The molecule has 0 radical (unpaired) electrons. The van der Waals surface area contributed by atoms with Crippen molar-refractivity contribution in [1.29, 1.82) is 0 Å². The number of hydrogen-bond donors (Lipinski definition) is 2. The number of rotatable bonds is 3. The Balaban J connectivity index is 2.25. The molecule has 3 nitrogen and oxygen atoms in total. The van der Waals surface area contributed by atoms with Crippen LogP contribution in [0.25, 0.3) is 0 Å². The molecule has 0 spiro atoms. The van der Waals surface area contributed by atoms with E-state index in [-0.39, 0.29) is 12.1 Å². The van der Waals surface area contributed by atoms with Gasteiger partial charge in [-0.3, -0.25) is 0 Å². The van der Waals surface area contributed by atoms with Crippen molar-refractivity contribution in [3.05, 3.63) is 0 Å². The molecule has 1 fully saturated rings. The Kier molecular flexibility index (Phi) is 3.30. The zero-order valence-corrected chi connectivity index (χ0v) is 7.10. The van der Waals surface area contributed by atoms with Gasteiger partial charge in [-0.15, -0.1) is 0 Å². The maximum Gasteiger partial charge on any atom is 0.0645 e. The van der Waals surface area contributed by atoms with Gasteiger partial charge in [0.25, 0.3) is 0 Å². The molecule has 66 valence electrons. The number of aliphatic hydroxyl groups excluding tert-OH is 1. The number of β-amino-alcohol motifs (C(OH)–C–C–N with tert-alkyl or cyclic N) is 1. The van der Waals surface area contributed by atoms with Crippen LogP contribution in [-0.4, -0.2) is 37.0 Å². The smallest absolute Gasteiger partial charge is 0.0645 e. The van der Waals surface area contributed by atoms with Gasteiger partial charge in [0.05, 0.1) is 13.2 Å². The van der Waals surface area contributed by atoms with Gasteiger partial charge in [-0.1, -0.05) is 0 Å². The van der Waals surface area contributed by atoms with Crippen molar-refractivity contribution >= 4 is 0 Å². The molecule has 0 aliphatic carbocycles. The average Bonchev–Trinajstić information content (AvgIpc) is 2.03. The van der Waals surface area contributed by atoms with Gasteiger partial charge in [-0.2, -0.15) is 0 Å². The molecule has 0 bridgehead atoms. The SMILES string of the molecule is CC1(NCCO)CCCOC1. The molecule has 2 N–H and O–H groups in total. The summed E-state index contributed by atoms with van der Waals surface area (Å²) in [6, 6.07) is 0. The second-order valence-electron chi connectivity index (χ2n) is 3.37. The summed E-state index contributed by atoms with van der Waals surface area (Å²) in [4.78, 5) is 0. The molecule has 11 heavy (non-hydrogen) atoms. The first-order chi connectivity index (χ1) is 5.27. The topological polar surface area (TPSA) is 41.5 Å². The molecule has 0 aromatic heterocycles. The number of ether oxygens (including phenoxy) is 1. The Labute approximate surface area is 67.7 Å². The summed E-state index contributed by atoms with van der Waals surface area (Å²) in [7, 11) is 0.